The Morgan fingerprint density at radius 2 is 2.19 bits per heavy atom. The molecular weight excluding hydrogens is 218 g/mol. The molecule has 0 aliphatic heterocycles. The highest BCUT2D eigenvalue weighted by Crippen LogP contribution is 2.28. The Hall–Kier alpha value is -1.81. The van der Waals surface area contributed by atoms with Gasteiger partial charge >= 0.3 is 0 Å². The lowest BCUT2D eigenvalue weighted by molar-refractivity contribution is 1.35. The predicted molar refractivity (Wildman–Crippen MR) is 69.0 cm³/mol. The molecule has 2 N–H and O–H groups in total. The van der Waals surface area contributed by atoms with Crippen LogP contribution in [0.5, 0.6) is 0 Å². The van der Waals surface area contributed by atoms with Gasteiger partial charge < -0.3 is 10.3 Å². The Morgan fingerprint density at radius 1 is 1.31 bits per heavy atom. The van der Waals surface area contributed by atoms with Gasteiger partial charge in [-0.3, -0.25) is 0 Å². The minimum atomic E-state index is 0.930. The zero-order valence-corrected chi connectivity index (χ0v) is 9.64. The minimum Gasteiger partial charge on any atom is -0.380 e. The molecule has 2 aromatic heterocycles. The molecule has 0 amide bonds. The van der Waals surface area contributed by atoms with E-state index in [1.54, 1.807) is 11.3 Å². The van der Waals surface area contributed by atoms with Crippen molar-refractivity contribution < 1.29 is 0 Å². The number of anilines is 1. The maximum Gasteiger partial charge on any atom is 0.139 e. The van der Waals surface area contributed by atoms with Crippen LogP contribution in [0.2, 0.25) is 0 Å². The van der Waals surface area contributed by atoms with E-state index in [1.165, 1.54) is 0 Å². The summed E-state index contributed by atoms with van der Waals surface area (Å²) in [5.74, 6) is 0.930. The summed E-state index contributed by atoms with van der Waals surface area (Å²) in [6.07, 6.45) is 0. The number of benzene rings is 1. The number of rotatable bonds is 2. The van der Waals surface area contributed by atoms with Crippen LogP contribution in [0.4, 0.5) is 5.00 Å². The zero-order chi connectivity index (χ0) is 11.0. The molecule has 0 saturated carbocycles. The molecule has 0 saturated heterocycles. The van der Waals surface area contributed by atoms with Crippen molar-refractivity contribution >= 4 is 27.4 Å². The fourth-order valence-electron chi connectivity index (χ4n) is 1.68. The summed E-state index contributed by atoms with van der Waals surface area (Å²) in [6.45, 7) is 0. The van der Waals surface area contributed by atoms with E-state index >= 15 is 0 Å². The van der Waals surface area contributed by atoms with Gasteiger partial charge in [-0.05, 0) is 18.2 Å². The molecule has 3 aromatic rings. The molecule has 0 radical (unpaired) electrons. The molecule has 0 unspecified atom stereocenters. The predicted octanol–water partition coefficient (Wildman–Crippen LogP) is 3.33. The number of aromatic nitrogens is 2. The van der Waals surface area contributed by atoms with Crippen molar-refractivity contribution in [2.24, 2.45) is 0 Å². The van der Waals surface area contributed by atoms with Crippen molar-refractivity contribution in [1.82, 2.24) is 9.97 Å². The highest BCUT2D eigenvalue weighted by Gasteiger charge is 2.06. The fourth-order valence-corrected chi connectivity index (χ4v) is 2.43. The highest BCUT2D eigenvalue weighted by atomic mass is 32.1. The van der Waals surface area contributed by atoms with E-state index in [0.717, 1.165) is 27.4 Å². The van der Waals surface area contributed by atoms with Gasteiger partial charge in [0.2, 0.25) is 0 Å². The summed E-state index contributed by atoms with van der Waals surface area (Å²) in [6, 6.07) is 10.2. The maximum absolute atomic E-state index is 4.55. The average Bonchev–Trinajstić information content (AvgIpc) is 2.95. The molecule has 3 rings (SSSR count). The van der Waals surface area contributed by atoms with Crippen molar-refractivity contribution in [1.29, 1.82) is 0 Å². The Morgan fingerprint density at radius 3 is 2.94 bits per heavy atom. The number of hydrogen-bond donors (Lipinski definition) is 2. The van der Waals surface area contributed by atoms with Crippen molar-refractivity contribution in [2.45, 2.75) is 0 Å². The molecule has 16 heavy (non-hydrogen) atoms. The number of hydrogen-bond acceptors (Lipinski definition) is 3. The third-order valence-electron chi connectivity index (χ3n) is 2.51. The fraction of sp³-hybridized carbons (Fsp3) is 0.0833. The topological polar surface area (TPSA) is 40.7 Å². The van der Waals surface area contributed by atoms with Crippen molar-refractivity contribution in [3.05, 3.63) is 35.7 Å². The van der Waals surface area contributed by atoms with Gasteiger partial charge in [0.1, 0.15) is 5.82 Å². The maximum atomic E-state index is 4.55. The lowest BCUT2D eigenvalue weighted by Gasteiger charge is -1.89. The molecular formula is C12H11N3S. The highest BCUT2D eigenvalue weighted by molar-refractivity contribution is 7.14. The lowest BCUT2D eigenvalue weighted by Crippen LogP contribution is -1.81. The monoisotopic (exact) mass is 229 g/mol. The quantitative estimate of drug-likeness (QED) is 0.707. The van der Waals surface area contributed by atoms with Gasteiger partial charge in [0.15, 0.2) is 0 Å². The van der Waals surface area contributed by atoms with Crippen molar-refractivity contribution in [3.63, 3.8) is 0 Å². The number of para-hydroxylation sites is 2. The first kappa shape index (κ1) is 9.42. The van der Waals surface area contributed by atoms with E-state index in [4.69, 9.17) is 0 Å². The number of fused-ring (bicyclic) bond motifs is 1. The molecule has 80 valence electrons. The summed E-state index contributed by atoms with van der Waals surface area (Å²) in [5, 5.41) is 6.38. The van der Waals surface area contributed by atoms with Crippen LogP contribution in [0.1, 0.15) is 0 Å². The van der Waals surface area contributed by atoms with Crippen LogP contribution >= 0.6 is 11.3 Å². The van der Waals surface area contributed by atoms with Crippen molar-refractivity contribution in [3.8, 4) is 11.4 Å². The number of H-pyrrole nitrogens is 1. The van der Waals surface area contributed by atoms with Gasteiger partial charge in [-0.2, -0.15) is 0 Å². The molecule has 2 heterocycles. The Bertz CT molecular complexity index is 591. The molecule has 3 nitrogen and oxygen atoms in total. The van der Waals surface area contributed by atoms with Crippen LogP contribution < -0.4 is 5.32 Å². The molecule has 0 fully saturated rings. The molecule has 0 atom stereocenters. The first-order valence-electron chi connectivity index (χ1n) is 5.08. The number of nitrogens with one attached hydrogen (secondary N) is 2. The molecule has 4 heteroatoms. The van der Waals surface area contributed by atoms with E-state index in [1.807, 2.05) is 31.3 Å². The number of aromatic amines is 1. The Kier molecular flexibility index (Phi) is 2.15. The summed E-state index contributed by atoms with van der Waals surface area (Å²) in [4.78, 5) is 7.87. The number of nitrogens with zero attached hydrogens (tertiary/aromatic N) is 1. The van der Waals surface area contributed by atoms with E-state index in [2.05, 4.69) is 26.7 Å². The van der Waals surface area contributed by atoms with Crippen LogP contribution in [0.3, 0.4) is 0 Å². The molecule has 1 aromatic carbocycles. The van der Waals surface area contributed by atoms with Crippen LogP contribution in [0.15, 0.2) is 35.7 Å². The van der Waals surface area contributed by atoms with E-state index in [0.29, 0.717) is 0 Å². The van der Waals surface area contributed by atoms with Crippen LogP contribution in [0, 0.1) is 0 Å². The number of thiophene rings is 1. The normalized spacial score (nSPS) is 10.8. The second-order valence-corrected chi connectivity index (χ2v) is 4.46. The van der Waals surface area contributed by atoms with E-state index < -0.39 is 0 Å². The van der Waals surface area contributed by atoms with Crippen LogP contribution in [-0.2, 0) is 0 Å². The van der Waals surface area contributed by atoms with Crippen LogP contribution in [0.25, 0.3) is 22.4 Å². The Labute approximate surface area is 97.2 Å². The standard InChI is InChI=1S/C12H11N3S/c1-13-11-6-8(7-16-11)12-14-9-4-2-3-5-10(9)15-12/h2-7,13H,1H3,(H,14,15). The Balaban J connectivity index is 2.11. The van der Waals surface area contributed by atoms with E-state index in [-0.39, 0.29) is 0 Å². The lowest BCUT2D eigenvalue weighted by atomic mass is 10.3. The van der Waals surface area contributed by atoms with Crippen molar-refractivity contribution in [2.75, 3.05) is 12.4 Å². The molecule has 0 spiro atoms. The second kappa shape index (κ2) is 3.64. The van der Waals surface area contributed by atoms with Gasteiger partial charge in [-0.15, -0.1) is 11.3 Å². The zero-order valence-electron chi connectivity index (χ0n) is 8.82. The third-order valence-corrected chi connectivity index (χ3v) is 3.46. The van der Waals surface area contributed by atoms with Gasteiger partial charge in [0, 0.05) is 18.0 Å². The molecule has 0 aliphatic carbocycles. The SMILES string of the molecule is CNc1cc(-c2nc3ccccc3[nH]2)cs1. The summed E-state index contributed by atoms with van der Waals surface area (Å²) < 4.78 is 0. The van der Waals surface area contributed by atoms with Gasteiger partial charge in [-0.1, -0.05) is 12.1 Å². The largest absolute Gasteiger partial charge is 0.380 e. The third kappa shape index (κ3) is 1.47. The van der Waals surface area contributed by atoms with Crippen LogP contribution in [-0.4, -0.2) is 17.0 Å². The minimum absolute atomic E-state index is 0.930. The molecule has 0 aliphatic rings. The van der Waals surface area contributed by atoms with Gasteiger partial charge in [0.25, 0.3) is 0 Å². The summed E-state index contributed by atoms with van der Waals surface area (Å²) >= 11 is 1.68. The van der Waals surface area contributed by atoms with Gasteiger partial charge in [0.05, 0.1) is 16.0 Å². The first-order valence-corrected chi connectivity index (χ1v) is 5.96. The smallest absolute Gasteiger partial charge is 0.139 e. The molecule has 0 bridgehead atoms. The number of imidazole rings is 1. The first-order chi connectivity index (χ1) is 7.86. The average molecular weight is 229 g/mol. The summed E-state index contributed by atoms with van der Waals surface area (Å²) in [7, 11) is 1.92. The second-order valence-electron chi connectivity index (χ2n) is 3.55. The summed E-state index contributed by atoms with van der Waals surface area (Å²) in [5.41, 5.74) is 3.22. The van der Waals surface area contributed by atoms with E-state index in [9.17, 15) is 0 Å². The van der Waals surface area contributed by atoms with Gasteiger partial charge in [-0.25, -0.2) is 4.98 Å².